The van der Waals surface area contributed by atoms with Crippen molar-refractivity contribution in [2.45, 2.75) is 71.3 Å². The molecule has 0 saturated heterocycles. The minimum atomic E-state index is -0.327. The van der Waals surface area contributed by atoms with Gasteiger partial charge in [-0.3, -0.25) is 0 Å². The summed E-state index contributed by atoms with van der Waals surface area (Å²) in [5, 5.41) is 10.4. The first-order valence-corrected chi connectivity index (χ1v) is 6.28. The van der Waals surface area contributed by atoms with E-state index in [0.29, 0.717) is 5.92 Å². The number of hydrogen-bond donors (Lipinski definition) is 1. The predicted octanol–water partition coefficient (Wildman–Crippen LogP) is 3.75. The molecule has 1 saturated carbocycles. The summed E-state index contributed by atoms with van der Waals surface area (Å²) in [6.07, 6.45) is 8.11. The second-order valence-electron chi connectivity index (χ2n) is 5.52. The minimum Gasteiger partial charge on any atom is -0.390 e. The van der Waals surface area contributed by atoms with E-state index in [9.17, 15) is 5.11 Å². The molecule has 0 aromatic heterocycles. The first-order valence-electron chi connectivity index (χ1n) is 6.28. The van der Waals surface area contributed by atoms with Crippen LogP contribution in [0.4, 0.5) is 0 Å². The summed E-state index contributed by atoms with van der Waals surface area (Å²) >= 11 is 0. The third-order valence-electron chi connectivity index (χ3n) is 3.58. The summed E-state index contributed by atoms with van der Waals surface area (Å²) in [6, 6.07) is 0. The van der Waals surface area contributed by atoms with Crippen molar-refractivity contribution >= 4 is 0 Å². The summed E-state index contributed by atoms with van der Waals surface area (Å²) in [5.41, 5.74) is -0.327. The molecule has 1 aliphatic carbocycles. The molecule has 1 fully saturated rings. The molecule has 1 aliphatic rings. The predicted molar refractivity (Wildman–Crippen MR) is 61.3 cm³/mol. The summed E-state index contributed by atoms with van der Waals surface area (Å²) in [7, 11) is 0. The first kappa shape index (κ1) is 12.0. The molecule has 3 unspecified atom stereocenters. The van der Waals surface area contributed by atoms with E-state index in [-0.39, 0.29) is 5.60 Å². The van der Waals surface area contributed by atoms with Gasteiger partial charge >= 0.3 is 0 Å². The molecule has 0 spiro atoms. The highest BCUT2D eigenvalue weighted by Gasteiger charge is 2.33. The maximum Gasteiger partial charge on any atom is 0.0652 e. The van der Waals surface area contributed by atoms with Gasteiger partial charge in [0.25, 0.3) is 0 Å². The standard InChI is InChI=1S/C13H26O/c1-4-6-11(2)9-13(14)8-5-7-12(3)10-13/h11-12,14H,4-10H2,1-3H3. The van der Waals surface area contributed by atoms with Gasteiger partial charge in [-0.15, -0.1) is 0 Å². The van der Waals surface area contributed by atoms with Gasteiger partial charge < -0.3 is 5.11 Å². The fraction of sp³-hybridized carbons (Fsp3) is 1.00. The molecule has 0 heterocycles. The molecule has 1 nitrogen and oxygen atoms in total. The number of hydrogen-bond acceptors (Lipinski definition) is 1. The van der Waals surface area contributed by atoms with Crippen LogP contribution in [0.3, 0.4) is 0 Å². The lowest BCUT2D eigenvalue weighted by molar-refractivity contribution is -0.0317. The van der Waals surface area contributed by atoms with Crippen molar-refractivity contribution < 1.29 is 5.11 Å². The van der Waals surface area contributed by atoms with Crippen molar-refractivity contribution in [3.63, 3.8) is 0 Å². The zero-order valence-electron chi connectivity index (χ0n) is 10.1. The average molecular weight is 198 g/mol. The molecule has 1 rings (SSSR count). The lowest BCUT2D eigenvalue weighted by Crippen LogP contribution is -2.36. The zero-order valence-corrected chi connectivity index (χ0v) is 10.1. The van der Waals surface area contributed by atoms with Gasteiger partial charge in [0.15, 0.2) is 0 Å². The lowest BCUT2D eigenvalue weighted by atomic mass is 9.74. The molecule has 84 valence electrons. The maximum atomic E-state index is 10.4. The van der Waals surface area contributed by atoms with Crippen molar-refractivity contribution in [3.8, 4) is 0 Å². The van der Waals surface area contributed by atoms with Gasteiger partial charge in [0.1, 0.15) is 0 Å². The molecule has 0 aromatic rings. The van der Waals surface area contributed by atoms with Crippen LogP contribution < -0.4 is 0 Å². The normalized spacial score (nSPS) is 35.6. The van der Waals surface area contributed by atoms with Crippen molar-refractivity contribution in [2.24, 2.45) is 11.8 Å². The molecular formula is C13H26O. The summed E-state index contributed by atoms with van der Waals surface area (Å²) in [5.74, 6) is 1.41. The molecule has 0 aromatic carbocycles. The van der Waals surface area contributed by atoms with Gasteiger partial charge in [0.05, 0.1) is 5.60 Å². The zero-order chi connectivity index (χ0) is 10.6. The Morgan fingerprint density at radius 1 is 1.50 bits per heavy atom. The Kier molecular flexibility index (Phi) is 4.43. The lowest BCUT2D eigenvalue weighted by Gasteiger charge is -2.37. The summed E-state index contributed by atoms with van der Waals surface area (Å²) in [4.78, 5) is 0. The van der Waals surface area contributed by atoms with Crippen molar-refractivity contribution in [2.75, 3.05) is 0 Å². The molecule has 0 amide bonds. The second-order valence-corrected chi connectivity index (χ2v) is 5.52. The van der Waals surface area contributed by atoms with Crippen LogP contribution in [0.25, 0.3) is 0 Å². The van der Waals surface area contributed by atoms with Crippen LogP contribution in [0, 0.1) is 11.8 Å². The van der Waals surface area contributed by atoms with Gasteiger partial charge in [0.2, 0.25) is 0 Å². The third kappa shape index (κ3) is 3.61. The third-order valence-corrected chi connectivity index (χ3v) is 3.58. The minimum absolute atomic E-state index is 0.327. The van der Waals surface area contributed by atoms with E-state index in [1.54, 1.807) is 0 Å². The van der Waals surface area contributed by atoms with Crippen molar-refractivity contribution in [1.82, 2.24) is 0 Å². The molecule has 0 bridgehead atoms. The van der Waals surface area contributed by atoms with E-state index in [0.717, 1.165) is 25.2 Å². The maximum absolute atomic E-state index is 10.4. The fourth-order valence-electron chi connectivity index (χ4n) is 3.06. The van der Waals surface area contributed by atoms with E-state index < -0.39 is 0 Å². The number of aliphatic hydroxyl groups is 1. The van der Waals surface area contributed by atoms with Crippen LogP contribution in [0.1, 0.15) is 65.7 Å². The van der Waals surface area contributed by atoms with Gasteiger partial charge in [0, 0.05) is 0 Å². The van der Waals surface area contributed by atoms with Crippen LogP contribution >= 0.6 is 0 Å². The highest BCUT2D eigenvalue weighted by Crippen LogP contribution is 2.37. The molecule has 14 heavy (non-hydrogen) atoms. The quantitative estimate of drug-likeness (QED) is 0.729. The van der Waals surface area contributed by atoms with E-state index in [1.165, 1.54) is 25.7 Å². The fourth-order valence-corrected chi connectivity index (χ4v) is 3.06. The Morgan fingerprint density at radius 3 is 2.79 bits per heavy atom. The van der Waals surface area contributed by atoms with Gasteiger partial charge in [-0.25, -0.2) is 0 Å². The smallest absolute Gasteiger partial charge is 0.0652 e. The van der Waals surface area contributed by atoms with E-state index >= 15 is 0 Å². The highest BCUT2D eigenvalue weighted by molar-refractivity contribution is 4.86. The summed E-state index contributed by atoms with van der Waals surface area (Å²) < 4.78 is 0. The van der Waals surface area contributed by atoms with Crippen LogP contribution in [0.2, 0.25) is 0 Å². The SMILES string of the molecule is CCCC(C)CC1(O)CCCC(C)C1. The molecule has 0 aliphatic heterocycles. The van der Waals surface area contributed by atoms with Gasteiger partial charge in [-0.05, 0) is 31.1 Å². The Bertz CT molecular complexity index is 167. The Hall–Kier alpha value is -0.0400. The Labute approximate surface area is 88.9 Å². The molecule has 3 atom stereocenters. The van der Waals surface area contributed by atoms with Crippen LogP contribution in [-0.4, -0.2) is 10.7 Å². The highest BCUT2D eigenvalue weighted by atomic mass is 16.3. The molecule has 1 N–H and O–H groups in total. The first-order chi connectivity index (χ1) is 6.56. The topological polar surface area (TPSA) is 20.2 Å². The van der Waals surface area contributed by atoms with E-state index in [1.807, 2.05) is 0 Å². The van der Waals surface area contributed by atoms with Crippen LogP contribution in [-0.2, 0) is 0 Å². The summed E-state index contributed by atoms with van der Waals surface area (Å²) in [6.45, 7) is 6.78. The van der Waals surface area contributed by atoms with Gasteiger partial charge in [-0.2, -0.15) is 0 Å². The molecular weight excluding hydrogens is 172 g/mol. The Morgan fingerprint density at radius 2 is 2.21 bits per heavy atom. The van der Waals surface area contributed by atoms with Crippen molar-refractivity contribution in [1.29, 1.82) is 0 Å². The van der Waals surface area contributed by atoms with Crippen LogP contribution in [0.5, 0.6) is 0 Å². The monoisotopic (exact) mass is 198 g/mol. The van der Waals surface area contributed by atoms with Gasteiger partial charge in [-0.1, -0.05) is 46.5 Å². The van der Waals surface area contributed by atoms with E-state index in [4.69, 9.17) is 0 Å². The Balaban J connectivity index is 2.39. The average Bonchev–Trinajstić information content (AvgIpc) is 2.02. The van der Waals surface area contributed by atoms with Crippen molar-refractivity contribution in [3.05, 3.63) is 0 Å². The largest absolute Gasteiger partial charge is 0.390 e. The molecule has 0 radical (unpaired) electrons. The van der Waals surface area contributed by atoms with E-state index in [2.05, 4.69) is 20.8 Å². The number of rotatable bonds is 4. The van der Waals surface area contributed by atoms with Crippen LogP contribution in [0.15, 0.2) is 0 Å². The molecule has 1 heteroatoms. The second kappa shape index (κ2) is 5.16.